The Morgan fingerprint density at radius 2 is 1.74 bits per heavy atom. The molecule has 3 rings (SSSR count). The average molecular weight is 477 g/mol. The van der Waals surface area contributed by atoms with Gasteiger partial charge in [-0.3, -0.25) is 24.1 Å². The van der Waals surface area contributed by atoms with Crippen LogP contribution in [0.5, 0.6) is 5.75 Å². The minimum Gasteiger partial charge on any atom is -0.508 e. The number of nitrogens with one attached hydrogen (secondary N) is 3. The van der Waals surface area contributed by atoms with Crippen molar-refractivity contribution in [3.8, 4) is 5.75 Å². The van der Waals surface area contributed by atoms with Crippen LogP contribution in [0.15, 0.2) is 24.3 Å². The van der Waals surface area contributed by atoms with Gasteiger partial charge in [-0.1, -0.05) is 12.1 Å². The molecule has 2 aliphatic rings. The summed E-state index contributed by atoms with van der Waals surface area (Å²) in [5.41, 5.74) is -0.182. The Kier molecular flexibility index (Phi) is 8.59. The van der Waals surface area contributed by atoms with Crippen molar-refractivity contribution in [3.05, 3.63) is 29.8 Å². The van der Waals surface area contributed by atoms with Gasteiger partial charge in [0.05, 0.1) is 39.0 Å². The molecule has 11 heteroatoms. The van der Waals surface area contributed by atoms with E-state index in [4.69, 9.17) is 9.47 Å². The molecule has 2 unspecified atom stereocenters. The number of carbonyl (C=O) groups excluding carboxylic acids is 4. The second kappa shape index (κ2) is 11.4. The van der Waals surface area contributed by atoms with Crippen LogP contribution in [0, 0.1) is 0 Å². The smallest absolute Gasteiger partial charge is 0.242 e. The number of rotatable bonds is 11. The lowest BCUT2D eigenvalue weighted by Gasteiger charge is -2.26. The van der Waals surface area contributed by atoms with E-state index < -0.39 is 29.5 Å². The molecule has 34 heavy (non-hydrogen) atoms. The molecule has 1 aromatic carbocycles. The van der Waals surface area contributed by atoms with E-state index in [0.29, 0.717) is 26.3 Å². The molecule has 186 valence electrons. The molecule has 2 saturated heterocycles. The Morgan fingerprint density at radius 3 is 2.35 bits per heavy atom. The largest absolute Gasteiger partial charge is 0.508 e. The van der Waals surface area contributed by atoms with E-state index in [-0.39, 0.29) is 43.6 Å². The highest BCUT2D eigenvalue weighted by Crippen LogP contribution is 2.29. The summed E-state index contributed by atoms with van der Waals surface area (Å²) < 4.78 is 10.5. The molecule has 0 aromatic heterocycles. The van der Waals surface area contributed by atoms with E-state index in [9.17, 15) is 24.3 Å². The van der Waals surface area contributed by atoms with Crippen molar-refractivity contribution in [3.63, 3.8) is 0 Å². The van der Waals surface area contributed by atoms with Gasteiger partial charge in [0, 0.05) is 13.1 Å². The van der Waals surface area contributed by atoms with Crippen LogP contribution < -0.4 is 16.0 Å². The number of hydrogen-bond acceptors (Lipinski definition) is 8. The van der Waals surface area contributed by atoms with Gasteiger partial charge in [0.1, 0.15) is 17.4 Å². The zero-order valence-electron chi connectivity index (χ0n) is 19.5. The number of phenolic OH excluding ortho intramolecular Hbond substituents is 1. The Hall–Kier alpha value is -3.02. The maximum atomic E-state index is 12.8. The highest BCUT2D eigenvalue weighted by atomic mass is 16.6. The third kappa shape index (κ3) is 7.51. The minimum atomic E-state index is -0.933. The molecule has 3 amide bonds. The topological polar surface area (TPSA) is 150 Å². The molecule has 3 atom stereocenters. The molecule has 0 saturated carbocycles. The Bertz CT molecular complexity index is 895. The molecule has 0 radical (unpaired) electrons. The fourth-order valence-corrected chi connectivity index (χ4v) is 3.58. The summed E-state index contributed by atoms with van der Waals surface area (Å²) in [6, 6.07) is 4.66. The predicted molar refractivity (Wildman–Crippen MR) is 121 cm³/mol. The lowest BCUT2D eigenvalue weighted by molar-refractivity contribution is -0.132. The molecule has 2 aliphatic heterocycles. The van der Waals surface area contributed by atoms with Gasteiger partial charge in [-0.2, -0.15) is 0 Å². The third-order valence-corrected chi connectivity index (χ3v) is 5.79. The third-order valence-electron chi connectivity index (χ3n) is 5.79. The number of morpholine rings is 1. The van der Waals surface area contributed by atoms with Crippen LogP contribution in [-0.4, -0.2) is 97.2 Å². The van der Waals surface area contributed by atoms with Gasteiger partial charge in [-0.15, -0.1) is 0 Å². The lowest BCUT2D eigenvalue weighted by Crippen LogP contribution is -2.53. The van der Waals surface area contributed by atoms with Crippen molar-refractivity contribution < 1.29 is 33.8 Å². The molecule has 0 aliphatic carbocycles. The molecule has 2 fully saturated rings. The van der Waals surface area contributed by atoms with Gasteiger partial charge in [0.2, 0.25) is 17.7 Å². The number of epoxide rings is 1. The summed E-state index contributed by atoms with van der Waals surface area (Å²) in [4.78, 5) is 51.8. The van der Waals surface area contributed by atoms with Crippen molar-refractivity contribution in [2.45, 2.75) is 38.0 Å². The zero-order chi connectivity index (χ0) is 24.7. The Balaban J connectivity index is 1.47. The molecule has 1 aromatic rings. The monoisotopic (exact) mass is 476 g/mol. The number of phenols is 1. The summed E-state index contributed by atoms with van der Waals surface area (Å²) in [5, 5.41) is 17.2. The number of aromatic hydroxyl groups is 1. The maximum absolute atomic E-state index is 12.8. The van der Waals surface area contributed by atoms with Gasteiger partial charge >= 0.3 is 0 Å². The summed E-state index contributed by atoms with van der Waals surface area (Å²) in [7, 11) is 0. The van der Waals surface area contributed by atoms with Gasteiger partial charge in [0.15, 0.2) is 5.78 Å². The van der Waals surface area contributed by atoms with Gasteiger partial charge in [-0.25, -0.2) is 0 Å². The SMILES string of the molecule is CC(NC(=O)CN1CCOCC1)C(=O)NCC(=O)NC(Cc1ccc(O)cc1)C(=O)[C@@]1(C)CO1. The van der Waals surface area contributed by atoms with Crippen molar-refractivity contribution in [1.29, 1.82) is 0 Å². The number of amides is 3. The first-order valence-corrected chi connectivity index (χ1v) is 11.3. The fourth-order valence-electron chi connectivity index (χ4n) is 3.58. The number of benzene rings is 1. The first-order chi connectivity index (χ1) is 16.2. The molecular weight excluding hydrogens is 444 g/mol. The van der Waals surface area contributed by atoms with Crippen molar-refractivity contribution >= 4 is 23.5 Å². The minimum absolute atomic E-state index is 0.0991. The molecule has 2 heterocycles. The Morgan fingerprint density at radius 1 is 1.09 bits per heavy atom. The molecule has 4 N–H and O–H groups in total. The first kappa shape index (κ1) is 25.6. The standard InChI is InChI=1S/C23H32N4O7/c1-15(25-20(30)13-27-7-9-33-10-8-27)22(32)24-12-19(29)26-18(21(31)23(2)14-34-23)11-16-3-5-17(28)6-4-16/h3-6,15,18,28H,7-14H2,1-2H3,(H,24,32)(H,25,30)(H,26,29)/t15?,18?,23-/m1/s1. The Labute approximate surface area is 198 Å². The van der Waals surface area contributed by atoms with Crippen LogP contribution in [0.1, 0.15) is 19.4 Å². The van der Waals surface area contributed by atoms with Crippen LogP contribution in [0.2, 0.25) is 0 Å². The second-order valence-corrected chi connectivity index (χ2v) is 8.77. The number of nitrogens with zero attached hydrogens (tertiary/aromatic N) is 1. The van der Waals surface area contributed by atoms with E-state index in [1.54, 1.807) is 19.1 Å². The molecule has 0 spiro atoms. The van der Waals surface area contributed by atoms with Crippen molar-refractivity contribution in [1.82, 2.24) is 20.9 Å². The van der Waals surface area contributed by atoms with Crippen LogP contribution >= 0.6 is 0 Å². The highest BCUT2D eigenvalue weighted by molar-refractivity contribution is 5.97. The number of hydrogen-bond donors (Lipinski definition) is 4. The summed E-state index contributed by atoms with van der Waals surface area (Å²) in [6.45, 7) is 5.75. The number of carbonyl (C=O) groups is 4. The quantitative estimate of drug-likeness (QED) is 0.289. The van der Waals surface area contributed by atoms with Gasteiger partial charge in [-0.05, 0) is 38.0 Å². The number of Topliss-reactive ketones (excluding diaryl/α,β-unsaturated/α-hetero) is 1. The van der Waals surface area contributed by atoms with Crippen LogP contribution in [0.25, 0.3) is 0 Å². The van der Waals surface area contributed by atoms with Gasteiger partial charge < -0.3 is 30.5 Å². The second-order valence-electron chi connectivity index (χ2n) is 8.77. The molecule has 11 nitrogen and oxygen atoms in total. The normalized spacial score (nSPS) is 21.7. The first-order valence-electron chi connectivity index (χ1n) is 11.3. The van der Waals surface area contributed by atoms with E-state index in [2.05, 4.69) is 16.0 Å². The van der Waals surface area contributed by atoms with Crippen LogP contribution in [0.4, 0.5) is 0 Å². The number of ketones is 1. The maximum Gasteiger partial charge on any atom is 0.242 e. The van der Waals surface area contributed by atoms with E-state index in [1.165, 1.54) is 19.1 Å². The predicted octanol–water partition coefficient (Wildman–Crippen LogP) is -1.27. The van der Waals surface area contributed by atoms with Gasteiger partial charge in [0.25, 0.3) is 0 Å². The summed E-state index contributed by atoms with van der Waals surface area (Å²) >= 11 is 0. The molecule has 0 bridgehead atoms. The van der Waals surface area contributed by atoms with Crippen LogP contribution in [-0.2, 0) is 35.1 Å². The summed E-state index contributed by atoms with van der Waals surface area (Å²) in [5.74, 6) is -1.50. The van der Waals surface area contributed by atoms with E-state index in [0.717, 1.165) is 5.56 Å². The number of ether oxygens (including phenoxy) is 2. The van der Waals surface area contributed by atoms with Crippen molar-refractivity contribution in [2.75, 3.05) is 46.0 Å². The fraction of sp³-hybridized carbons (Fsp3) is 0.565. The van der Waals surface area contributed by atoms with E-state index >= 15 is 0 Å². The summed E-state index contributed by atoms with van der Waals surface area (Å²) in [6.07, 6.45) is 0.214. The average Bonchev–Trinajstić information content (AvgIpc) is 3.57. The lowest BCUT2D eigenvalue weighted by atomic mass is 9.95. The van der Waals surface area contributed by atoms with Crippen molar-refractivity contribution in [2.24, 2.45) is 0 Å². The highest BCUT2D eigenvalue weighted by Gasteiger charge is 2.50. The van der Waals surface area contributed by atoms with Crippen LogP contribution in [0.3, 0.4) is 0 Å². The molecular formula is C23H32N4O7. The zero-order valence-corrected chi connectivity index (χ0v) is 19.5. The van der Waals surface area contributed by atoms with E-state index in [1.807, 2.05) is 4.90 Å².